The van der Waals surface area contributed by atoms with Gasteiger partial charge in [0.05, 0.1) is 34.3 Å². The van der Waals surface area contributed by atoms with Gasteiger partial charge in [0, 0.05) is 30.9 Å². The Hall–Kier alpha value is -3.04. The van der Waals surface area contributed by atoms with Crippen LogP contribution in [0.1, 0.15) is 25.7 Å². The van der Waals surface area contributed by atoms with Crippen molar-refractivity contribution in [1.29, 1.82) is 0 Å². The molecule has 2 N–H and O–H groups in total. The van der Waals surface area contributed by atoms with Gasteiger partial charge in [0.25, 0.3) is 0 Å². The largest absolute Gasteiger partial charge is 0.439 e. The van der Waals surface area contributed by atoms with Crippen LogP contribution in [0, 0.1) is 0 Å². The number of hydrogen-bond donors (Lipinski definition) is 2. The minimum absolute atomic E-state index is 0.0712. The molecule has 3 aromatic heterocycles. The summed E-state index contributed by atoms with van der Waals surface area (Å²) in [6.07, 6.45) is 8.87. The molecule has 1 aromatic carbocycles. The average molecular weight is 423 g/mol. The van der Waals surface area contributed by atoms with Crippen LogP contribution in [-0.4, -0.2) is 42.0 Å². The van der Waals surface area contributed by atoms with Crippen LogP contribution in [0.15, 0.2) is 43.0 Å². The molecule has 0 bridgehead atoms. The van der Waals surface area contributed by atoms with Gasteiger partial charge >= 0.3 is 0 Å². The Balaban J connectivity index is 1.34. The van der Waals surface area contributed by atoms with Crippen molar-refractivity contribution in [3.63, 3.8) is 0 Å². The average Bonchev–Trinajstić information content (AvgIpc) is 3.35. The maximum absolute atomic E-state index is 10.2. The van der Waals surface area contributed by atoms with Gasteiger partial charge in [0.15, 0.2) is 5.13 Å². The highest BCUT2D eigenvalue weighted by Crippen LogP contribution is 2.33. The molecule has 154 valence electrons. The van der Waals surface area contributed by atoms with Crippen molar-refractivity contribution in [2.45, 2.75) is 37.8 Å². The Morgan fingerprint density at radius 1 is 1.20 bits per heavy atom. The molecule has 8 nitrogen and oxygen atoms in total. The molecule has 0 unspecified atom stereocenters. The summed E-state index contributed by atoms with van der Waals surface area (Å²) in [4.78, 5) is 13.2. The molecule has 5 rings (SSSR count). The molecular weight excluding hydrogens is 400 g/mol. The van der Waals surface area contributed by atoms with Crippen LogP contribution in [-0.2, 0) is 7.05 Å². The van der Waals surface area contributed by atoms with Crippen LogP contribution >= 0.6 is 11.3 Å². The fourth-order valence-corrected chi connectivity index (χ4v) is 4.65. The lowest BCUT2D eigenvalue weighted by molar-refractivity contribution is 0.116. The van der Waals surface area contributed by atoms with E-state index in [9.17, 15) is 5.11 Å². The van der Waals surface area contributed by atoms with Crippen LogP contribution in [0.3, 0.4) is 0 Å². The Kier molecular flexibility index (Phi) is 5.06. The first-order valence-electron chi connectivity index (χ1n) is 9.98. The molecule has 1 fully saturated rings. The summed E-state index contributed by atoms with van der Waals surface area (Å²) in [5, 5.41) is 18.6. The predicted octanol–water partition coefficient (Wildman–Crippen LogP) is 3.99. The number of ether oxygens (including phenoxy) is 1. The zero-order chi connectivity index (χ0) is 20.5. The van der Waals surface area contributed by atoms with E-state index in [1.54, 1.807) is 28.3 Å². The normalized spacial score (nSPS) is 19.1. The van der Waals surface area contributed by atoms with Gasteiger partial charge in [-0.3, -0.25) is 4.68 Å². The van der Waals surface area contributed by atoms with E-state index in [0.717, 1.165) is 52.3 Å². The van der Waals surface area contributed by atoms with Crippen LogP contribution in [0.25, 0.3) is 21.5 Å². The number of aryl methyl sites for hydroxylation is 1. The highest BCUT2D eigenvalue weighted by molar-refractivity contribution is 7.22. The van der Waals surface area contributed by atoms with Gasteiger partial charge in [0.2, 0.25) is 5.88 Å². The van der Waals surface area contributed by atoms with Crippen molar-refractivity contribution in [2.75, 3.05) is 5.32 Å². The van der Waals surface area contributed by atoms with Gasteiger partial charge in [-0.15, -0.1) is 0 Å². The summed E-state index contributed by atoms with van der Waals surface area (Å²) in [7, 11) is 1.87. The lowest BCUT2D eigenvalue weighted by Crippen LogP contribution is -2.36. The molecule has 4 aromatic rings. The number of aromatic nitrogens is 5. The molecule has 1 aliphatic rings. The number of thiazole rings is 1. The number of benzene rings is 1. The first kappa shape index (κ1) is 19.0. The van der Waals surface area contributed by atoms with Gasteiger partial charge in [-0.05, 0) is 25.0 Å². The fourth-order valence-electron chi connectivity index (χ4n) is 3.70. The first-order valence-corrected chi connectivity index (χ1v) is 10.8. The second-order valence-electron chi connectivity index (χ2n) is 7.50. The lowest BCUT2D eigenvalue weighted by Gasteiger charge is -2.27. The van der Waals surface area contributed by atoms with Crippen molar-refractivity contribution in [3.05, 3.63) is 43.0 Å². The van der Waals surface area contributed by atoms with E-state index in [4.69, 9.17) is 4.74 Å². The number of aliphatic hydroxyl groups is 1. The van der Waals surface area contributed by atoms with Gasteiger partial charge in [-0.1, -0.05) is 24.2 Å². The summed E-state index contributed by atoms with van der Waals surface area (Å²) in [5.74, 6) is 1.16. The smallest absolute Gasteiger partial charge is 0.222 e. The van der Waals surface area contributed by atoms with E-state index in [-0.39, 0.29) is 12.1 Å². The highest BCUT2D eigenvalue weighted by Gasteiger charge is 2.23. The summed E-state index contributed by atoms with van der Waals surface area (Å²) in [5.41, 5.74) is 2.56. The second-order valence-corrected chi connectivity index (χ2v) is 8.53. The number of nitrogens with one attached hydrogen (secondary N) is 1. The topological polar surface area (TPSA) is 98.0 Å². The predicted molar refractivity (Wildman–Crippen MR) is 116 cm³/mol. The maximum Gasteiger partial charge on any atom is 0.222 e. The second kappa shape index (κ2) is 8.00. The number of hydrogen-bond acceptors (Lipinski definition) is 8. The summed E-state index contributed by atoms with van der Waals surface area (Å²) >= 11 is 1.56. The highest BCUT2D eigenvalue weighted by atomic mass is 32.1. The zero-order valence-electron chi connectivity index (χ0n) is 16.5. The van der Waals surface area contributed by atoms with Crippen molar-refractivity contribution in [2.24, 2.45) is 7.05 Å². The number of nitrogens with zero attached hydrogens (tertiary/aromatic N) is 5. The van der Waals surface area contributed by atoms with E-state index in [1.807, 2.05) is 31.4 Å². The van der Waals surface area contributed by atoms with Crippen molar-refractivity contribution < 1.29 is 9.84 Å². The van der Waals surface area contributed by atoms with Gasteiger partial charge < -0.3 is 15.2 Å². The maximum atomic E-state index is 10.2. The quantitative estimate of drug-likeness (QED) is 0.502. The SMILES string of the molecule is Cn1cc(-c2cc(Oc3ccc4nc(N[C@@H]5CCCC[C@H]5O)sc4c3)ncn2)cn1. The van der Waals surface area contributed by atoms with E-state index in [0.29, 0.717) is 11.6 Å². The Morgan fingerprint density at radius 3 is 2.93 bits per heavy atom. The van der Waals surface area contributed by atoms with E-state index < -0.39 is 0 Å². The molecule has 0 spiro atoms. The van der Waals surface area contributed by atoms with E-state index in [1.165, 1.54) is 6.33 Å². The van der Waals surface area contributed by atoms with Crippen molar-refractivity contribution in [3.8, 4) is 22.9 Å². The third-order valence-electron chi connectivity index (χ3n) is 5.26. The van der Waals surface area contributed by atoms with E-state index >= 15 is 0 Å². The minimum atomic E-state index is -0.309. The molecule has 1 saturated carbocycles. The molecule has 0 aliphatic heterocycles. The third-order valence-corrected chi connectivity index (χ3v) is 6.21. The number of fused-ring (bicyclic) bond motifs is 1. The summed E-state index contributed by atoms with van der Waals surface area (Å²) in [6, 6.07) is 7.65. The standard InChI is InChI=1S/C21H22N6O2S/c1-27-11-13(10-24-27)17-9-20(23-12-22-17)29-14-6-7-16-19(8-14)30-21(26-16)25-15-4-2-3-5-18(15)28/h6-12,15,18,28H,2-5H2,1H3,(H,25,26)/t15-,18-/m1/s1. The first-order chi connectivity index (χ1) is 14.6. The fraction of sp³-hybridized carbons (Fsp3) is 0.333. The van der Waals surface area contributed by atoms with Gasteiger partial charge in [-0.2, -0.15) is 5.10 Å². The molecule has 1 aliphatic carbocycles. The van der Waals surface area contributed by atoms with Crippen molar-refractivity contribution >= 4 is 26.7 Å². The molecule has 30 heavy (non-hydrogen) atoms. The summed E-state index contributed by atoms with van der Waals surface area (Å²) in [6.45, 7) is 0. The van der Waals surface area contributed by atoms with E-state index in [2.05, 4.69) is 25.4 Å². The molecule has 3 heterocycles. The molecular formula is C21H22N6O2S. The Morgan fingerprint density at radius 2 is 2.10 bits per heavy atom. The molecule has 9 heteroatoms. The number of aliphatic hydroxyl groups excluding tert-OH is 1. The van der Waals surface area contributed by atoms with Crippen LogP contribution in [0.4, 0.5) is 5.13 Å². The zero-order valence-corrected chi connectivity index (χ0v) is 17.3. The van der Waals surface area contributed by atoms with Crippen LogP contribution in [0.2, 0.25) is 0 Å². The molecule has 0 radical (unpaired) electrons. The Bertz CT molecular complexity index is 1170. The Labute approximate surface area is 177 Å². The van der Waals surface area contributed by atoms with Crippen molar-refractivity contribution in [1.82, 2.24) is 24.7 Å². The summed E-state index contributed by atoms with van der Waals surface area (Å²) < 4.78 is 8.72. The monoisotopic (exact) mass is 422 g/mol. The molecule has 0 saturated heterocycles. The third kappa shape index (κ3) is 3.99. The lowest BCUT2D eigenvalue weighted by atomic mass is 9.93. The van der Waals surface area contributed by atoms with Gasteiger partial charge in [-0.25, -0.2) is 15.0 Å². The van der Waals surface area contributed by atoms with Crippen LogP contribution < -0.4 is 10.1 Å². The number of anilines is 1. The van der Waals surface area contributed by atoms with Crippen LogP contribution in [0.5, 0.6) is 11.6 Å². The number of rotatable bonds is 5. The van der Waals surface area contributed by atoms with Gasteiger partial charge in [0.1, 0.15) is 12.1 Å². The minimum Gasteiger partial charge on any atom is -0.439 e. The molecule has 0 amide bonds. The molecule has 2 atom stereocenters.